The van der Waals surface area contributed by atoms with Crippen LogP contribution in [-0.4, -0.2) is 44.6 Å². The maximum Gasteiger partial charge on any atom is 0.469 e. The third-order valence-electron chi connectivity index (χ3n) is 4.49. The zero-order valence-electron chi connectivity index (χ0n) is 15.7. The summed E-state index contributed by atoms with van der Waals surface area (Å²) in [6.07, 6.45) is 0. The van der Waals surface area contributed by atoms with Gasteiger partial charge in [-0.1, -0.05) is 23.2 Å². The lowest BCUT2D eigenvalue weighted by atomic mass is 9.83. The van der Waals surface area contributed by atoms with Crippen LogP contribution >= 0.6 is 31.0 Å². The Hall–Kier alpha value is -1.54. The molecule has 1 atom stereocenters. The highest BCUT2D eigenvalue weighted by atomic mass is 35.5. The summed E-state index contributed by atoms with van der Waals surface area (Å²) in [6, 6.07) is 9.94. The van der Waals surface area contributed by atoms with Crippen molar-refractivity contribution in [1.82, 2.24) is 4.31 Å². The molecule has 3 rings (SSSR count). The molecule has 1 aliphatic rings. The van der Waals surface area contributed by atoms with Crippen LogP contribution in [0.4, 0.5) is 4.39 Å². The minimum atomic E-state index is -4.75. The van der Waals surface area contributed by atoms with E-state index in [1.54, 1.807) is 12.1 Å². The number of phosphoric acid groups is 1. The SMILES string of the molecule is N#Cc1ccc(OCC2(COP(=O)(O)O)CN(S(=O)c3ccc(Cl)cc3Cl)C2)cc1F. The van der Waals surface area contributed by atoms with Crippen molar-refractivity contribution in [1.29, 1.82) is 5.26 Å². The number of ether oxygens (including phenoxy) is 1. The van der Waals surface area contributed by atoms with Crippen molar-refractivity contribution in [3.63, 3.8) is 0 Å². The first-order chi connectivity index (χ1) is 14.5. The van der Waals surface area contributed by atoms with E-state index in [1.807, 2.05) is 0 Å². The van der Waals surface area contributed by atoms with Crippen molar-refractivity contribution in [3.8, 4) is 11.8 Å². The van der Waals surface area contributed by atoms with Gasteiger partial charge in [0.25, 0.3) is 0 Å². The number of rotatable bonds is 8. The number of hydrogen-bond donors (Lipinski definition) is 2. The van der Waals surface area contributed by atoms with Crippen LogP contribution in [0.5, 0.6) is 5.75 Å². The van der Waals surface area contributed by atoms with Gasteiger partial charge in [-0.3, -0.25) is 4.52 Å². The number of halogens is 3. The first-order valence-electron chi connectivity index (χ1n) is 8.66. The van der Waals surface area contributed by atoms with Crippen LogP contribution in [0.1, 0.15) is 5.56 Å². The van der Waals surface area contributed by atoms with Crippen LogP contribution in [0.3, 0.4) is 0 Å². The standard InChI is InChI=1S/C18H16Cl2FN2O6PS/c19-13-2-4-17(15(20)5-13)31(27)23-8-18(9-23,11-29-30(24,25)26)10-28-14-3-1-12(7-22)16(21)6-14/h1-6H,8-11H2,(H2,24,25,26). The summed E-state index contributed by atoms with van der Waals surface area (Å²) in [5.74, 6) is -0.624. The first kappa shape index (κ1) is 24.1. The van der Waals surface area contributed by atoms with E-state index < -0.39 is 30.0 Å². The highest BCUT2D eigenvalue weighted by molar-refractivity contribution is 7.82. The monoisotopic (exact) mass is 508 g/mol. The van der Waals surface area contributed by atoms with Crippen LogP contribution in [0.2, 0.25) is 10.0 Å². The summed E-state index contributed by atoms with van der Waals surface area (Å²) >= 11 is 12.0. The molecule has 0 saturated carbocycles. The smallest absolute Gasteiger partial charge is 0.469 e. The lowest BCUT2D eigenvalue weighted by Gasteiger charge is -2.48. The second-order valence-corrected chi connectivity index (χ2v) is 10.5. The lowest BCUT2D eigenvalue weighted by Crippen LogP contribution is -2.61. The Balaban J connectivity index is 1.72. The molecule has 0 amide bonds. The van der Waals surface area contributed by atoms with Gasteiger partial charge in [-0.15, -0.1) is 0 Å². The highest BCUT2D eigenvalue weighted by Crippen LogP contribution is 2.42. The molecule has 8 nitrogen and oxygen atoms in total. The zero-order valence-corrected chi connectivity index (χ0v) is 18.9. The average molecular weight is 509 g/mol. The first-order valence-corrected chi connectivity index (χ1v) is 12.1. The Bertz CT molecular complexity index is 1100. The normalized spacial score (nSPS) is 16.9. The van der Waals surface area contributed by atoms with Crippen molar-refractivity contribution in [2.45, 2.75) is 4.90 Å². The molecular formula is C18H16Cl2FN2O6PS. The van der Waals surface area contributed by atoms with Crippen LogP contribution in [0, 0.1) is 22.6 Å². The Morgan fingerprint density at radius 2 is 1.94 bits per heavy atom. The number of phosphoric ester groups is 1. The third kappa shape index (κ3) is 6.04. The predicted molar refractivity (Wildman–Crippen MR) is 111 cm³/mol. The van der Waals surface area contributed by atoms with Gasteiger partial charge in [0.1, 0.15) is 28.6 Å². The molecule has 2 aromatic carbocycles. The van der Waals surface area contributed by atoms with Gasteiger partial charge < -0.3 is 14.5 Å². The number of nitrogens with zero attached hydrogens (tertiary/aromatic N) is 2. The third-order valence-corrected chi connectivity index (χ3v) is 7.07. The molecule has 0 bridgehead atoms. The minimum Gasteiger partial charge on any atom is -0.493 e. The quantitative estimate of drug-likeness (QED) is 0.523. The molecule has 1 unspecified atom stereocenters. The number of benzene rings is 2. The molecule has 0 aromatic heterocycles. The second kappa shape index (κ2) is 9.53. The fourth-order valence-electron chi connectivity index (χ4n) is 2.93. The van der Waals surface area contributed by atoms with E-state index in [-0.39, 0.29) is 42.6 Å². The Morgan fingerprint density at radius 1 is 1.23 bits per heavy atom. The maximum atomic E-state index is 13.8. The van der Waals surface area contributed by atoms with Crippen molar-refractivity contribution in [2.75, 3.05) is 26.3 Å². The Labute approximate surface area is 189 Å². The van der Waals surface area contributed by atoms with E-state index in [2.05, 4.69) is 4.52 Å². The molecule has 1 aliphatic heterocycles. The fourth-order valence-corrected chi connectivity index (χ4v) is 5.45. The fraction of sp³-hybridized carbons (Fsp3) is 0.278. The van der Waals surface area contributed by atoms with Gasteiger partial charge in [0.15, 0.2) is 0 Å². The number of nitriles is 1. The molecule has 1 saturated heterocycles. The summed E-state index contributed by atoms with van der Waals surface area (Å²) in [6.45, 7) is -0.257. The molecule has 0 aliphatic carbocycles. The van der Waals surface area contributed by atoms with Gasteiger partial charge in [-0.25, -0.2) is 17.5 Å². The summed E-state index contributed by atoms with van der Waals surface area (Å²) in [5.41, 5.74) is -1.06. The molecular weight excluding hydrogens is 493 g/mol. The molecule has 1 heterocycles. The molecule has 31 heavy (non-hydrogen) atoms. The van der Waals surface area contributed by atoms with Crippen LogP contribution in [0.25, 0.3) is 0 Å². The summed E-state index contributed by atoms with van der Waals surface area (Å²) < 4.78 is 49.6. The molecule has 166 valence electrons. The molecule has 2 N–H and O–H groups in total. The lowest BCUT2D eigenvalue weighted by molar-refractivity contribution is -0.0243. The highest BCUT2D eigenvalue weighted by Gasteiger charge is 2.48. The maximum absolute atomic E-state index is 13.8. The topological polar surface area (TPSA) is 120 Å². The van der Waals surface area contributed by atoms with Crippen LogP contribution in [-0.2, 0) is 20.1 Å². The van der Waals surface area contributed by atoms with Crippen LogP contribution in [0.15, 0.2) is 41.3 Å². The summed E-state index contributed by atoms with van der Waals surface area (Å²) in [7, 11) is -6.40. The average Bonchev–Trinajstić information content (AvgIpc) is 2.65. The predicted octanol–water partition coefficient (Wildman–Crippen LogP) is 3.52. The molecule has 13 heteroatoms. The Morgan fingerprint density at radius 3 is 2.52 bits per heavy atom. The van der Waals surface area contributed by atoms with E-state index in [0.29, 0.717) is 9.92 Å². The van der Waals surface area contributed by atoms with E-state index in [1.165, 1.54) is 28.6 Å². The largest absolute Gasteiger partial charge is 0.493 e. The van der Waals surface area contributed by atoms with Crippen molar-refractivity contribution >= 4 is 42.0 Å². The summed E-state index contributed by atoms with van der Waals surface area (Å²) in [4.78, 5) is 18.5. The molecule has 0 spiro atoms. The van der Waals surface area contributed by atoms with Gasteiger partial charge in [-0.05, 0) is 30.3 Å². The zero-order chi connectivity index (χ0) is 22.8. The van der Waals surface area contributed by atoms with Gasteiger partial charge >= 0.3 is 7.82 Å². The molecule has 1 fully saturated rings. The van der Waals surface area contributed by atoms with Crippen LogP contribution < -0.4 is 4.74 Å². The van der Waals surface area contributed by atoms with E-state index >= 15 is 0 Å². The molecule has 2 aromatic rings. The Kier molecular flexibility index (Phi) is 7.41. The van der Waals surface area contributed by atoms with Gasteiger partial charge in [0.2, 0.25) is 0 Å². The van der Waals surface area contributed by atoms with Crippen molar-refractivity contribution in [2.24, 2.45) is 5.41 Å². The van der Waals surface area contributed by atoms with Gasteiger partial charge in [0, 0.05) is 24.2 Å². The van der Waals surface area contributed by atoms with Gasteiger partial charge in [0.05, 0.1) is 34.1 Å². The summed E-state index contributed by atoms with van der Waals surface area (Å²) in [5, 5.41) is 9.41. The molecule has 0 radical (unpaired) electrons. The van der Waals surface area contributed by atoms with Gasteiger partial charge in [-0.2, -0.15) is 5.26 Å². The van der Waals surface area contributed by atoms with Crippen molar-refractivity contribution < 1.29 is 32.2 Å². The van der Waals surface area contributed by atoms with E-state index in [4.69, 9.17) is 43.0 Å². The number of hydrogen-bond acceptors (Lipinski definition) is 5. The van der Waals surface area contributed by atoms with E-state index in [9.17, 15) is 13.2 Å². The second-order valence-electron chi connectivity index (χ2n) is 6.93. The van der Waals surface area contributed by atoms with Crippen molar-refractivity contribution in [3.05, 3.63) is 57.8 Å². The van der Waals surface area contributed by atoms with E-state index in [0.717, 1.165) is 6.07 Å². The minimum absolute atomic E-state index is 0.0968.